The Labute approximate surface area is 118 Å². The normalized spacial score (nSPS) is 30.3. The van der Waals surface area contributed by atoms with E-state index in [1.807, 2.05) is 0 Å². The first kappa shape index (κ1) is 14.8. The maximum atomic E-state index is 8.97. The van der Waals surface area contributed by atoms with Gasteiger partial charge in [-0.25, -0.2) is 0 Å². The van der Waals surface area contributed by atoms with E-state index in [1.54, 1.807) is 0 Å². The highest BCUT2D eigenvalue weighted by atomic mass is 15.2. The van der Waals surface area contributed by atoms with Crippen molar-refractivity contribution in [3.63, 3.8) is 0 Å². The van der Waals surface area contributed by atoms with E-state index in [1.165, 1.54) is 45.1 Å². The van der Waals surface area contributed by atoms with Crippen molar-refractivity contribution in [3.8, 4) is 6.07 Å². The molecule has 1 atom stereocenters. The fourth-order valence-electron chi connectivity index (χ4n) is 3.59. The minimum atomic E-state index is 0.316. The third-order valence-corrected chi connectivity index (χ3v) is 4.63. The van der Waals surface area contributed by atoms with Crippen LogP contribution < -0.4 is 5.32 Å². The summed E-state index contributed by atoms with van der Waals surface area (Å²) in [5, 5.41) is 12.6. The summed E-state index contributed by atoms with van der Waals surface area (Å²) < 4.78 is 0. The molecule has 3 heteroatoms. The lowest BCUT2D eigenvalue weighted by atomic mass is 9.92. The molecule has 0 aromatic heterocycles. The van der Waals surface area contributed by atoms with Crippen molar-refractivity contribution in [2.24, 2.45) is 5.41 Å². The van der Waals surface area contributed by atoms with Crippen molar-refractivity contribution < 1.29 is 0 Å². The Morgan fingerprint density at radius 1 is 1.21 bits per heavy atom. The van der Waals surface area contributed by atoms with Gasteiger partial charge in [-0.3, -0.25) is 4.90 Å². The topological polar surface area (TPSA) is 39.1 Å². The SMILES string of the molecule is CC1(C)CNC(CC#N)CN(C2CCCCCC2)C1. The number of rotatable bonds is 2. The predicted octanol–water partition coefficient (Wildman–Crippen LogP) is 2.92. The quantitative estimate of drug-likeness (QED) is 0.779. The third-order valence-electron chi connectivity index (χ3n) is 4.63. The van der Waals surface area contributed by atoms with Crippen LogP contribution in [0.5, 0.6) is 0 Å². The minimum Gasteiger partial charge on any atom is -0.311 e. The molecule has 1 saturated carbocycles. The van der Waals surface area contributed by atoms with Crippen LogP contribution in [0.25, 0.3) is 0 Å². The van der Waals surface area contributed by atoms with E-state index in [2.05, 4.69) is 30.1 Å². The lowest BCUT2D eigenvalue weighted by molar-refractivity contribution is 0.134. The summed E-state index contributed by atoms with van der Waals surface area (Å²) in [6, 6.07) is 3.45. The van der Waals surface area contributed by atoms with Crippen molar-refractivity contribution in [3.05, 3.63) is 0 Å². The van der Waals surface area contributed by atoms with E-state index in [-0.39, 0.29) is 0 Å². The van der Waals surface area contributed by atoms with Gasteiger partial charge < -0.3 is 5.32 Å². The van der Waals surface area contributed by atoms with Crippen LogP contribution in [0.1, 0.15) is 58.8 Å². The van der Waals surface area contributed by atoms with Gasteiger partial charge in [0, 0.05) is 31.7 Å². The fourth-order valence-corrected chi connectivity index (χ4v) is 3.59. The highest BCUT2D eigenvalue weighted by molar-refractivity contribution is 4.92. The molecule has 3 nitrogen and oxygen atoms in total. The minimum absolute atomic E-state index is 0.316. The monoisotopic (exact) mass is 263 g/mol. The van der Waals surface area contributed by atoms with E-state index >= 15 is 0 Å². The van der Waals surface area contributed by atoms with Crippen LogP contribution in [0.15, 0.2) is 0 Å². The average Bonchev–Trinajstić information content (AvgIpc) is 2.70. The van der Waals surface area contributed by atoms with Gasteiger partial charge in [-0.15, -0.1) is 0 Å². The molecule has 0 aromatic carbocycles. The molecule has 2 rings (SSSR count). The molecule has 0 aromatic rings. The molecule has 2 fully saturated rings. The van der Waals surface area contributed by atoms with Gasteiger partial charge in [-0.05, 0) is 18.3 Å². The molecular formula is C16H29N3. The lowest BCUT2D eigenvalue weighted by Crippen LogP contribution is -2.43. The second kappa shape index (κ2) is 6.72. The second-order valence-electron chi connectivity index (χ2n) is 7.18. The average molecular weight is 263 g/mol. The predicted molar refractivity (Wildman–Crippen MR) is 78.9 cm³/mol. The van der Waals surface area contributed by atoms with Gasteiger partial charge >= 0.3 is 0 Å². The van der Waals surface area contributed by atoms with E-state index in [0.29, 0.717) is 17.9 Å². The number of nitrogens with zero attached hydrogens (tertiary/aromatic N) is 2. The first-order valence-corrected chi connectivity index (χ1v) is 7.95. The van der Waals surface area contributed by atoms with Gasteiger partial charge in [-0.2, -0.15) is 5.26 Å². The van der Waals surface area contributed by atoms with Crippen molar-refractivity contribution in [2.75, 3.05) is 19.6 Å². The zero-order valence-corrected chi connectivity index (χ0v) is 12.6. The Balaban J connectivity index is 2.04. The van der Waals surface area contributed by atoms with Gasteiger partial charge in [0.2, 0.25) is 0 Å². The van der Waals surface area contributed by atoms with E-state index in [0.717, 1.165) is 19.1 Å². The first-order valence-electron chi connectivity index (χ1n) is 7.95. The van der Waals surface area contributed by atoms with Crippen LogP contribution in [-0.2, 0) is 0 Å². The highest BCUT2D eigenvalue weighted by Gasteiger charge is 2.32. The first-order chi connectivity index (χ1) is 9.11. The maximum absolute atomic E-state index is 8.97. The second-order valence-corrected chi connectivity index (χ2v) is 7.18. The van der Waals surface area contributed by atoms with E-state index in [9.17, 15) is 0 Å². The highest BCUT2D eigenvalue weighted by Crippen LogP contribution is 2.27. The Morgan fingerprint density at radius 3 is 2.53 bits per heavy atom. The standard InChI is InChI=1S/C16H29N3/c1-16(2)12-18-14(9-10-17)11-19(13-16)15-7-5-3-4-6-8-15/h14-15,18H,3-9,11-13H2,1-2H3. The molecule has 1 heterocycles. The number of nitrogens with one attached hydrogen (secondary N) is 1. The fraction of sp³-hybridized carbons (Fsp3) is 0.938. The molecule has 1 N–H and O–H groups in total. The Kier molecular flexibility index (Phi) is 5.24. The molecule has 1 saturated heterocycles. The number of nitriles is 1. The molecule has 0 bridgehead atoms. The molecule has 19 heavy (non-hydrogen) atoms. The van der Waals surface area contributed by atoms with Crippen LogP contribution in [-0.4, -0.2) is 36.6 Å². The summed E-state index contributed by atoms with van der Waals surface area (Å²) in [4.78, 5) is 2.69. The molecule has 1 aliphatic heterocycles. The molecular weight excluding hydrogens is 234 g/mol. The van der Waals surface area contributed by atoms with E-state index < -0.39 is 0 Å². The molecule has 1 unspecified atom stereocenters. The number of hydrogen-bond donors (Lipinski definition) is 1. The van der Waals surface area contributed by atoms with Crippen molar-refractivity contribution in [1.82, 2.24) is 10.2 Å². The van der Waals surface area contributed by atoms with Gasteiger partial charge in [-0.1, -0.05) is 39.5 Å². The molecule has 2 aliphatic rings. The summed E-state index contributed by atoms with van der Waals surface area (Å²) in [5.41, 5.74) is 0.316. The third kappa shape index (κ3) is 4.47. The summed E-state index contributed by atoms with van der Waals surface area (Å²) in [7, 11) is 0. The van der Waals surface area contributed by atoms with Gasteiger partial charge in [0.15, 0.2) is 0 Å². The Morgan fingerprint density at radius 2 is 1.89 bits per heavy atom. The summed E-state index contributed by atoms with van der Waals surface area (Å²) in [6.45, 7) is 7.95. The largest absolute Gasteiger partial charge is 0.311 e. The van der Waals surface area contributed by atoms with Crippen LogP contribution in [0, 0.1) is 16.7 Å². The van der Waals surface area contributed by atoms with Crippen LogP contribution in [0.3, 0.4) is 0 Å². The zero-order valence-electron chi connectivity index (χ0n) is 12.6. The molecule has 1 aliphatic carbocycles. The molecule has 0 spiro atoms. The smallest absolute Gasteiger partial charge is 0.0638 e. The van der Waals surface area contributed by atoms with Crippen molar-refractivity contribution in [1.29, 1.82) is 5.26 Å². The van der Waals surface area contributed by atoms with Crippen molar-refractivity contribution in [2.45, 2.75) is 70.9 Å². The zero-order chi connectivity index (χ0) is 13.7. The summed E-state index contributed by atoms with van der Waals surface area (Å²) >= 11 is 0. The van der Waals surface area contributed by atoms with Gasteiger partial charge in [0.25, 0.3) is 0 Å². The van der Waals surface area contributed by atoms with Gasteiger partial charge in [0.05, 0.1) is 12.5 Å². The lowest BCUT2D eigenvalue weighted by Gasteiger charge is -2.35. The van der Waals surface area contributed by atoms with Crippen molar-refractivity contribution >= 4 is 0 Å². The Bertz CT molecular complexity index is 310. The van der Waals surface area contributed by atoms with Crippen LogP contribution in [0.2, 0.25) is 0 Å². The Hall–Kier alpha value is -0.590. The maximum Gasteiger partial charge on any atom is 0.0638 e. The van der Waals surface area contributed by atoms with Crippen LogP contribution >= 0.6 is 0 Å². The number of hydrogen-bond acceptors (Lipinski definition) is 3. The molecule has 0 radical (unpaired) electrons. The van der Waals surface area contributed by atoms with E-state index in [4.69, 9.17) is 5.26 Å². The molecule has 0 amide bonds. The summed E-state index contributed by atoms with van der Waals surface area (Å²) in [5.74, 6) is 0. The summed E-state index contributed by atoms with van der Waals surface area (Å²) in [6.07, 6.45) is 8.95. The van der Waals surface area contributed by atoms with Crippen LogP contribution in [0.4, 0.5) is 0 Å². The van der Waals surface area contributed by atoms with Gasteiger partial charge in [0.1, 0.15) is 0 Å². The molecule has 108 valence electrons.